The minimum Gasteiger partial charge on any atom is -0.483 e. The van der Waals surface area contributed by atoms with Crippen LogP contribution in [0, 0.1) is 13.8 Å². The third-order valence-corrected chi connectivity index (χ3v) is 4.14. The molecule has 116 valence electrons. The fourth-order valence-electron chi connectivity index (χ4n) is 2.91. The molecule has 0 saturated carbocycles. The van der Waals surface area contributed by atoms with Gasteiger partial charge in [0.2, 0.25) is 0 Å². The summed E-state index contributed by atoms with van der Waals surface area (Å²) in [5, 5.41) is 0. The Bertz CT molecular complexity index is 486. The number of amides is 1. The molecule has 2 rings (SSSR count). The Morgan fingerprint density at radius 1 is 1.38 bits per heavy atom. The molecule has 1 aromatic rings. The lowest BCUT2D eigenvalue weighted by Crippen LogP contribution is -2.46. The van der Waals surface area contributed by atoms with Gasteiger partial charge < -0.3 is 15.4 Å². The number of nitrogens with zero attached hydrogens (tertiary/aromatic N) is 1. The second-order valence-electron chi connectivity index (χ2n) is 5.87. The van der Waals surface area contributed by atoms with E-state index in [2.05, 4.69) is 0 Å². The van der Waals surface area contributed by atoms with E-state index in [1.54, 1.807) is 0 Å². The molecule has 1 unspecified atom stereocenters. The van der Waals surface area contributed by atoms with Crippen molar-refractivity contribution < 1.29 is 9.53 Å². The fourth-order valence-corrected chi connectivity index (χ4v) is 2.91. The molecular weight excluding hydrogens is 264 g/mol. The van der Waals surface area contributed by atoms with E-state index in [-0.39, 0.29) is 12.5 Å². The molecular formula is C17H26N2O2. The Hall–Kier alpha value is -1.55. The van der Waals surface area contributed by atoms with Crippen LogP contribution in [0.3, 0.4) is 0 Å². The van der Waals surface area contributed by atoms with Gasteiger partial charge in [-0.15, -0.1) is 0 Å². The summed E-state index contributed by atoms with van der Waals surface area (Å²) in [7, 11) is 0. The van der Waals surface area contributed by atoms with Gasteiger partial charge in [-0.25, -0.2) is 0 Å². The molecule has 0 aromatic heterocycles. The predicted molar refractivity (Wildman–Crippen MR) is 84.4 cm³/mol. The van der Waals surface area contributed by atoms with Gasteiger partial charge in [-0.05, 0) is 63.3 Å². The first kappa shape index (κ1) is 15.8. The summed E-state index contributed by atoms with van der Waals surface area (Å²) in [5.41, 5.74) is 7.86. The number of piperidine rings is 1. The standard InChI is InChI=1S/C17H26N2O2/c1-13-6-7-14(2)16(11-13)21-12-17(20)19-10-4-3-5-15(19)8-9-18/h6-7,11,15H,3-5,8-10,12,18H2,1-2H3. The van der Waals surface area contributed by atoms with Gasteiger partial charge in [-0.3, -0.25) is 4.79 Å². The smallest absolute Gasteiger partial charge is 0.260 e. The van der Waals surface area contributed by atoms with Crippen LogP contribution in [0.1, 0.15) is 36.8 Å². The SMILES string of the molecule is Cc1ccc(C)c(OCC(=O)N2CCCCC2CCN)c1. The monoisotopic (exact) mass is 290 g/mol. The molecule has 1 saturated heterocycles. The zero-order chi connectivity index (χ0) is 15.2. The van der Waals surface area contributed by atoms with Gasteiger partial charge in [0, 0.05) is 12.6 Å². The molecule has 0 bridgehead atoms. The number of hydrogen-bond acceptors (Lipinski definition) is 3. The second kappa shape index (κ2) is 7.46. The zero-order valence-corrected chi connectivity index (χ0v) is 13.1. The molecule has 1 atom stereocenters. The van der Waals surface area contributed by atoms with E-state index < -0.39 is 0 Å². The minimum atomic E-state index is 0.0778. The van der Waals surface area contributed by atoms with Crippen LogP contribution in [0.25, 0.3) is 0 Å². The first-order valence-electron chi connectivity index (χ1n) is 7.81. The molecule has 21 heavy (non-hydrogen) atoms. The third kappa shape index (κ3) is 4.21. The molecule has 1 aliphatic heterocycles. The Kier molecular flexibility index (Phi) is 5.62. The Morgan fingerprint density at radius 2 is 2.19 bits per heavy atom. The Morgan fingerprint density at radius 3 is 2.95 bits per heavy atom. The number of likely N-dealkylation sites (tertiary alicyclic amines) is 1. The van der Waals surface area contributed by atoms with Crippen LogP contribution >= 0.6 is 0 Å². The molecule has 1 amide bonds. The lowest BCUT2D eigenvalue weighted by Gasteiger charge is -2.35. The predicted octanol–water partition coefficient (Wildman–Crippen LogP) is 2.41. The molecule has 1 heterocycles. The van der Waals surface area contributed by atoms with Crippen LogP contribution in [-0.2, 0) is 4.79 Å². The van der Waals surface area contributed by atoms with E-state index in [9.17, 15) is 4.79 Å². The lowest BCUT2D eigenvalue weighted by atomic mass is 9.99. The van der Waals surface area contributed by atoms with Crippen molar-refractivity contribution >= 4 is 5.91 Å². The number of carbonyl (C=O) groups is 1. The van der Waals surface area contributed by atoms with E-state index >= 15 is 0 Å². The Balaban J connectivity index is 1.95. The average Bonchev–Trinajstić information content (AvgIpc) is 2.49. The average molecular weight is 290 g/mol. The van der Waals surface area contributed by atoms with E-state index in [4.69, 9.17) is 10.5 Å². The summed E-state index contributed by atoms with van der Waals surface area (Å²) in [4.78, 5) is 14.4. The quantitative estimate of drug-likeness (QED) is 0.906. The van der Waals surface area contributed by atoms with Crippen molar-refractivity contribution in [2.45, 2.75) is 45.6 Å². The van der Waals surface area contributed by atoms with Crippen molar-refractivity contribution in [1.82, 2.24) is 4.90 Å². The van der Waals surface area contributed by atoms with Crippen molar-refractivity contribution in [2.24, 2.45) is 5.73 Å². The number of benzene rings is 1. The first-order valence-corrected chi connectivity index (χ1v) is 7.81. The zero-order valence-electron chi connectivity index (χ0n) is 13.1. The number of rotatable bonds is 5. The molecule has 1 aliphatic rings. The summed E-state index contributed by atoms with van der Waals surface area (Å²) in [6, 6.07) is 6.34. The maximum absolute atomic E-state index is 12.4. The molecule has 0 aliphatic carbocycles. The fraction of sp³-hybridized carbons (Fsp3) is 0.588. The highest BCUT2D eigenvalue weighted by Gasteiger charge is 2.26. The number of ether oxygens (including phenoxy) is 1. The summed E-state index contributed by atoms with van der Waals surface area (Å²) >= 11 is 0. The second-order valence-corrected chi connectivity index (χ2v) is 5.87. The van der Waals surface area contributed by atoms with Crippen molar-refractivity contribution in [1.29, 1.82) is 0 Å². The molecule has 1 aromatic carbocycles. The van der Waals surface area contributed by atoms with Crippen molar-refractivity contribution in [3.8, 4) is 5.75 Å². The highest BCUT2D eigenvalue weighted by atomic mass is 16.5. The maximum Gasteiger partial charge on any atom is 0.260 e. The molecule has 4 heteroatoms. The summed E-state index contributed by atoms with van der Waals surface area (Å²) in [6.45, 7) is 5.60. The molecule has 2 N–H and O–H groups in total. The van der Waals surface area contributed by atoms with Gasteiger partial charge in [0.1, 0.15) is 5.75 Å². The van der Waals surface area contributed by atoms with Gasteiger partial charge in [-0.2, -0.15) is 0 Å². The topological polar surface area (TPSA) is 55.6 Å². The first-order chi connectivity index (χ1) is 10.1. The van der Waals surface area contributed by atoms with E-state index in [0.29, 0.717) is 12.6 Å². The third-order valence-electron chi connectivity index (χ3n) is 4.14. The summed E-state index contributed by atoms with van der Waals surface area (Å²) in [5.74, 6) is 0.879. The van der Waals surface area contributed by atoms with Crippen molar-refractivity contribution in [3.05, 3.63) is 29.3 Å². The molecule has 0 radical (unpaired) electrons. The molecule has 1 fully saturated rings. The highest BCUT2D eigenvalue weighted by molar-refractivity contribution is 5.78. The molecule has 4 nitrogen and oxygen atoms in total. The highest BCUT2D eigenvalue weighted by Crippen LogP contribution is 2.21. The van der Waals surface area contributed by atoms with Gasteiger partial charge >= 0.3 is 0 Å². The molecule has 0 spiro atoms. The normalized spacial score (nSPS) is 18.6. The van der Waals surface area contributed by atoms with Gasteiger partial charge in [-0.1, -0.05) is 12.1 Å². The van der Waals surface area contributed by atoms with Crippen LogP contribution in [0.15, 0.2) is 18.2 Å². The minimum absolute atomic E-state index is 0.0778. The Labute approximate surface area is 127 Å². The van der Waals surface area contributed by atoms with Gasteiger partial charge in [0.15, 0.2) is 6.61 Å². The maximum atomic E-state index is 12.4. The van der Waals surface area contributed by atoms with Crippen LogP contribution < -0.4 is 10.5 Å². The van der Waals surface area contributed by atoms with Crippen LogP contribution in [0.4, 0.5) is 0 Å². The van der Waals surface area contributed by atoms with Crippen LogP contribution in [-0.4, -0.2) is 36.5 Å². The van der Waals surface area contributed by atoms with E-state index in [1.165, 1.54) is 6.42 Å². The van der Waals surface area contributed by atoms with Gasteiger partial charge in [0.05, 0.1) is 0 Å². The van der Waals surface area contributed by atoms with Crippen molar-refractivity contribution in [3.63, 3.8) is 0 Å². The number of aryl methyl sites for hydroxylation is 2. The van der Waals surface area contributed by atoms with E-state index in [1.807, 2.05) is 36.9 Å². The number of hydrogen-bond donors (Lipinski definition) is 1. The summed E-state index contributed by atoms with van der Waals surface area (Å²) in [6.07, 6.45) is 4.21. The number of carbonyl (C=O) groups excluding carboxylic acids is 1. The lowest BCUT2D eigenvalue weighted by molar-refractivity contribution is -0.137. The van der Waals surface area contributed by atoms with Gasteiger partial charge in [0.25, 0.3) is 5.91 Å². The number of nitrogens with two attached hydrogens (primary N) is 1. The van der Waals surface area contributed by atoms with Crippen LogP contribution in [0.2, 0.25) is 0 Å². The summed E-state index contributed by atoms with van der Waals surface area (Å²) < 4.78 is 5.74. The van der Waals surface area contributed by atoms with E-state index in [0.717, 1.165) is 42.7 Å². The van der Waals surface area contributed by atoms with Crippen molar-refractivity contribution in [2.75, 3.05) is 19.7 Å². The van der Waals surface area contributed by atoms with Crippen LogP contribution in [0.5, 0.6) is 5.75 Å². The largest absolute Gasteiger partial charge is 0.483 e.